The highest BCUT2D eigenvalue weighted by Crippen LogP contribution is 2.33. The van der Waals surface area contributed by atoms with Gasteiger partial charge in [-0.1, -0.05) is 17.7 Å². The molecule has 0 aromatic heterocycles. The Morgan fingerprint density at radius 3 is 2.39 bits per heavy atom. The van der Waals surface area contributed by atoms with Gasteiger partial charge in [-0.25, -0.2) is 21.6 Å². The Hall–Kier alpha value is -1.65. The number of fused-ring (bicyclic) bond motifs is 1. The number of benzene rings is 2. The Labute approximate surface area is 201 Å². The van der Waals surface area contributed by atoms with Gasteiger partial charge < -0.3 is 4.90 Å². The molecule has 2 aliphatic rings. The zero-order valence-corrected chi connectivity index (χ0v) is 21.3. The van der Waals surface area contributed by atoms with Crippen molar-refractivity contribution in [3.05, 3.63) is 58.6 Å². The number of hydrogen-bond donors (Lipinski definition) is 1. The smallest absolute Gasteiger partial charge is 0.240 e. The third-order valence-corrected chi connectivity index (χ3v) is 10.3. The van der Waals surface area contributed by atoms with Crippen LogP contribution in [0.2, 0.25) is 5.02 Å². The van der Waals surface area contributed by atoms with Crippen molar-refractivity contribution in [2.24, 2.45) is 5.92 Å². The van der Waals surface area contributed by atoms with Gasteiger partial charge in [0.05, 0.1) is 10.6 Å². The van der Waals surface area contributed by atoms with Gasteiger partial charge in [0.1, 0.15) is 0 Å². The van der Waals surface area contributed by atoms with Gasteiger partial charge >= 0.3 is 0 Å². The van der Waals surface area contributed by atoms with E-state index < -0.39 is 20.0 Å². The molecular formula is C23H30ClN3O4S2. The molecule has 7 nitrogen and oxygen atoms in total. The number of sulfonamides is 2. The van der Waals surface area contributed by atoms with Crippen LogP contribution in [-0.4, -0.2) is 53.6 Å². The summed E-state index contributed by atoms with van der Waals surface area (Å²) in [5, 5.41) is 0.664. The lowest BCUT2D eigenvalue weighted by atomic mass is 9.78. The zero-order chi connectivity index (χ0) is 23.8. The Kier molecular flexibility index (Phi) is 7.08. The summed E-state index contributed by atoms with van der Waals surface area (Å²) in [7, 11) is -3.28. The zero-order valence-electron chi connectivity index (χ0n) is 18.9. The standard InChI is InChI=1S/C23H30ClN3O4S2/c1-26(2)21-6-8-22(9-7-21)33(30,31)25-23-10-4-17(23)12-14-32(28,29)27-13-11-18-15-20(24)5-3-19(18)16-27/h3,5-9,15,17,23,25H,4,10-14,16H2,1-2H3/t17-,23+/m1/s1. The number of anilines is 1. The summed E-state index contributed by atoms with van der Waals surface area (Å²) < 4.78 is 55.8. The van der Waals surface area contributed by atoms with Crippen LogP contribution in [0.25, 0.3) is 0 Å². The fraction of sp³-hybridized carbons (Fsp3) is 0.478. The molecular weight excluding hydrogens is 482 g/mol. The second kappa shape index (κ2) is 9.54. The number of rotatable bonds is 8. The van der Waals surface area contributed by atoms with Crippen LogP contribution in [0, 0.1) is 5.92 Å². The van der Waals surface area contributed by atoms with Crippen LogP contribution in [0.5, 0.6) is 0 Å². The minimum absolute atomic E-state index is 0.0199. The predicted octanol–water partition coefficient (Wildman–Crippen LogP) is 3.24. The van der Waals surface area contributed by atoms with E-state index in [1.807, 2.05) is 31.1 Å². The molecule has 0 spiro atoms. The van der Waals surface area contributed by atoms with E-state index in [9.17, 15) is 16.8 Å². The summed E-state index contributed by atoms with van der Waals surface area (Å²) in [5.41, 5.74) is 3.01. The molecule has 1 N–H and O–H groups in total. The molecule has 1 saturated carbocycles. The van der Waals surface area contributed by atoms with Crippen molar-refractivity contribution in [3.63, 3.8) is 0 Å². The monoisotopic (exact) mass is 511 g/mol. The van der Waals surface area contributed by atoms with Crippen molar-refractivity contribution in [1.82, 2.24) is 9.03 Å². The number of halogens is 1. The lowest BCUT2D eigenvalue weighted by Gasteiger charge is -2.37. The van der Waals surface area contributed by atoms with Gasteiger partial charge in [-0.2, -0.15) is 4.31 Å². The van der Waals surface area contributed by atoms with Crippen LogP contribution in [0.15, 0.2) is 47.4 Å². The molecule has 0 bridgehead atoms. The Morgan fingerprint density at radius 1 is 1.03 bits per heavy atom. The van der Waals surface area contributed by atoms with Crippen LogP contribution in [0.3, 0.4) is 0 Å². The van der Waals surface area contributed by atoms with Crippen LogP contribution < -0.4 is 9.62 Å². The minimum Gasteiger partial charge on any atom is -0.378 e. The SMILES string of the molecule is CN(C)c1ccc(S(=O)(=O)N[C@H]2CC[C@@H]2CCS(=O)(=O)N2CCc3cc(Cl)ccc3C2)cc1. The van der Waals surface area contributed by atoms with Crippen molar-refractivity contribution in [3.8, 4) is 0 Å². The highest BCUT2D eigenvalue weighted by Gasteiger charge is 2.36. The van der Waals surface area contributed by atoms with Crippen LogP contribution in [0.1, 0.15) is 30.4 Å². The Morgan fingerprint density at radius 2 is 1.76 bits per heavy atom. The van der Waals surface area contributed by atoms with Gasteiger partial charge in [-0.3, -0.25) is 0 Å². The molecule has 10 heteroatoms. The number of nitrogens with zero attached hydrogens (tertiary/aromatic N) is 2. The molecule has 1 fully saturated rings. The first kappa shape index (κ1) is 24.5. The summed E-state index contributed by atoms with van der Waals surface area (Å²) in [6.07, 6.45) is 2.63. The summed E-state index contributed by atoms with van der Waals surface area (Å²) in [6.45, 7) is 0.803. The third-order valence-electron chi connectivity index (χ3n) is 6.67. The van der Waals surface area contributed by atoms with Crippen molar-refractivity contribution in [2.45, 2.75) is 43.2 Å². The highest BCUT2D eigenvalue weighted by atomic mass is 35.5. The summed E-state index contributed by atoms with van der Waals surface area (Å²) in [5.74, 6) is 0.0440. The van der Waals surface area contributed by atoms with Crippen molar-refractivity contribution < 1.29 is 16.8 Å². The van der Waals surface area contributed by atoms with E-state index in [1.165, 1.54) is 4.31 Å². The maximum absolute atomic E-state index is 13.0. The Bertz CT molecular complexity index is 1210. The molecule has 2 atom stereocenters. The average Bonchev–Trinajstić information content (AvgIpc) is 2.76. The molecule has 0 amide bonds. The average molecular weight is 512 g/mol. The molecule has 0 radical (unpaired) electrons. The first-order valence-electron chi connectivity index (χ1n) is 11.1. The van der Waals surface area contributed by atoms with Crippen LogP contribution in [-0.2, 0) is 33.0 Å². The predicted molar refractivity (Wildman–Crippen MR) is 132 cm³/mol. The van der Waals surface area contributed by atoms with Gasteiger partial charge in [-0.15, -0.1) is 0 Å². The largest absolute Gasteiger partial charge is 0.378 e. The maximum Gasteiger partial charge on any atom is 0.240 e. The van der Waals surface area contributed by atoms with Gasteiger partial charge in [0, 0.05) is 43.9 Å². The second-order valence-corrected chi connectivity index (χ2v) is 13.3. The first-order valence-corrected chi connectivity index (χ1v) is 14.6. The number of nitrogens with one attached hydrogen (secondary N) is 1. The quantitative estimate of drug-likeness (QED) is 0.588. The molecule has 1 aliphatic heterocycles. The van der Waals surface area contributed by atoms with Gasteiger partial charge in [0.15, 0.2) is 0 Å². The fourth-order valence-corrected chi connectivity index (χ4v) is 7.52. The fourth-order valence-electron chi connectivity index (χ4n) is 4.42. The molecule has 0 saturated heterocycles. The molecule has 33 heavy (non-hydrogen) atoms. The van der Waals surface area contributed by atoms with Crippen LogP contribution in [0.4, 0.5) is 5.69 Å². The first-order chi connectivity index (χ1) is 15.5. The van der Waals surface area contributed by atoms with E-state index in [1.54, 1.807) is 30.3 Å². The topological polar surface area (TPSA) is 86.8 Å². The Balaban J connectivity index is 1.34. The van der Waals surface area contributed by atoms with Crippen molar-refractivity contribution in [1.29, 1.82) is 0 Å². The van der Waals surface area contributed by atoms with Crippen LogP contribution >= 0.6 is 11.6 Å². The minimum atomic E-state index is -3.65. The molecule has 0 unspecified atom stereocenters. The molecule has 2 aromatic carbocycles. The van der Waals surface area contributed by atoms with E-state index in [0.29, 0.717) is 31.0 Å². The van der Waals surface area contributed by atoms with E-state index in [-0.39, 0.29) is 22.6 Å². The van der Waals surface area contributed by atoms with Crippen molar-refractivity contribution >= 4 is 37.3 Å². The summed E-state index contributed by atoms with van der Waals surface area (Å²) >= 11 is 6.05. The molecule has 4 rings (SSSR count). The van der Waals surface area contributed by atoms with E-state index >= 15 is 0 Å². The van der Waals surface area contributed by atoms with Gasteiger partial charge in [-0.05, 0) is 79.1 Å². The lowest BCUT2D eigenvalue weighted by Crippen LogP contribution is -2.47. The second-order valence-electron chi connectivity index (χ2n) is 9.05. The van der Waals surface area contributed by atoms with E-state index in [4.69, 9.17) is 11.6 Å². The third kappa shape index (κ3) is 5.54. The molecule has 1 aliphatic carbocycles. The molecule has 1 heterocycles. The molecule has 180 valence electrons. The normalized spacial score (nSPS) is 21.3. The van der Waals surface area contributed by atoms with E-state index in [0.717, 1.165) is 29.7 Å². The summed E-state index contributed by atoms with van der Waals surface area (Å²) in [6, 6.07) is 12.1. The lowest BCUT2D eigenvalue weighted by molar-refractivity contribution is 0.230. The van der Waals surface area contributed by atoms with E-state index in [2.05, 4.69) is 4.72 Å². The summed E-state index contributed by atoms with van der Waals surface area (Å²) in [4.78, 5) is 2.13. The highest BCUT2D eigenvalue weighted by molar-refractivity contribution is 7.89. The van der Waals surface area contributed by atoms with Crippen molar-refractivity contribution in [2.75, 3.05) is 31.3 Å². The molecule has 2 aromatic rings. The van der Waals surface area contributed by atoms with Gasteiger partial charge in [0.25, 0.3) is 0 Å². The number of hydrogen-bond acceptors (Lipinski definition) is 5. The van der Waals surface area contributed by atoms with Gasteiger partial charge in [0.2, 0.25) is 20.0 Å². The maximum atomic E-state index is 13.0.